The molecule has 3 nitrogen and oxygen atoms in total. The molecule has 2 N–H and O–H groups in total. The third-order valence-electron chi connectivity index (χ3n) is 2.44. The van der Waals surface area contributed by atoms with Crippen LogP contribution in [0.15, 0.2) is 22.7 Å². The van der Waals surface area contributed by atoms with E-state index in [0.29, 0.717) is 12.2 Å². The highest BCUT2D eigenvalue weighted by Crippen LogP contribution is 2.28. The van der Waals surface area contributed by atoms with Gasteiger partial charge in [0, 0.05) is 12.6 Å². The molecule has 1 aromatic rings. The lowest BCUT2D eigenvalue weighted by molar-refractivity contribution is -0.174. The number of alkyl halides is 3. The van der Waals surface area contributed by atoms with Crippen molar-refractivity contribution in [1.82, 2.24) is 0 Å². The van der Waals surface area contributed by atoms with Gasteiger partial charge in [-0.25, -0.2) is 0 Å². The summed E-state index contributed by atoms with van der Waals surface area (Å²) < 4.78 is 45.9. The highest BCUT2D eigenvalue weighted by Gasteiger charge is 2.27. The molecule has 1 aromatic carbocycles. The van der Waals surface area contributed by atoms with Crippen molar-refractivity contribution in [3.8, 4) is 5.75 Å². The number of nitrogens with two attached hydrogens (primary N) is 1. The second-order valence-electron chi connectivity index (χ2n) is 3.96. The Balaban J connectivity index is 2.45. The topological polar surface area (TPSA) is 44.5 Å². The Bertz CT molecular complexity index is 412. The van der Waals surface area contributed by atoms with Crippen molar-refractivity contribution >= 4 is 15.9 Å². The number of hydrogen-bond acceptors (Lipinski definition) is 3. The molecule has 1 rings (SSSR count). The van der Waals surface area contributed by atoms with E-state index in [1.165, 1.54) is 0 Å². The molecule has 0 bridgehead atoms. The van der Waals surface area contributed by atoms with Crippen LogP contribution in [0.4, 0.5) is 13.2 Å². The third kappa shape index (κ3) is 5.80. The fourth-order valence-corrected chi connectivity index (χ4v) is 2.04. The van der Waals surface area contributed by atoms with Crippen LogP contribution in [0, 0.1) is 0 Å². The average molecular weight is 342 g/mol. The van der Waals surface area contributed by atoms with Crippen molar-refractivity contribution in [3.63, 3.8) is 0 Å². The molecule has 0 aromatic heterocycles. The number of methoxy groups -OCH3 is 1. The van der Waals surface area contributed by atoms with Gasteiger partial charge in [-0.15, -0.1) is 0 Å². The lowest BCUT2D eigenvalue weighted by Gasteiger charge is -2.14. The van der Waals surface area contributed by atoms with Crippen molar-refractivity contribution in [3.05, 3.63) is 28.2 Å². The van der Waals surface area contributed by atoms with Gasteiger partial charge in [-0.1, -0.05) is 6.07 Å². The first kappa shape index (κ1) is 16.3. The Kier molecular flexibility index (Phi) is 6.09. The lowest BCUT2D eigenvalue weighted by Crippen LogP contribution is -2.19. The average Bonchev–Trinajstić information content (AvgIpc) is 2.33. The lowest BCUT2D eigenvalue weighted by atomic mass is 10.1. The van der Waals surface area contributed by atoms with Gasteiger partial charge in [0.2, 0.25) is 0 Å². The normalized spacial score (nSPS) is 13.4. The Hall–Kier alpha value is -0.790. The van der Waals surface area contributed by atoms with Crippen molar-refractivity contribution in [2.45, 2.75) is 18.6 Å². The van der Waals surface area contributed by atoms with Gasteiger partial charge in [0.05, 0.1) is 11.6 Å². The predicted octanol–water partition coefficient (Wildman–Crippen LogP) is 3.43. The monoisotopic (exact) mass is 341 g/mol. The second kappa shape index (κ2) is 7.12. The first-order chi connectivity index (χ1) is 8.83. The molecule has 108 valence electrons. The maximum absolute atomic E-state index is 11.9. The van der Waals surface area contributed by atoms with E-state index in [-0.39, 0.29) is 12.6 Å². The fraction of sp³-hybridized carbons (Fsp3) is 0.500. The van der Waals surface area contributed by atoms with E-state index in [2.05, 4.69) is 20.7 Å². The van der Waals surface area contributed by atoms with Crippen LogP contribution in [0.3, 0.4) is 0 Å². The third-order valence-corrected chi connectivity index (χ3v) is 3.06. The molecular weight excluding hydrogens is 327 g/mol. The number of hydrogen-bond donors (Lipinski definition) is 1. The van der Waals surface area contributed by atoms with Crippen LogP contribution in [0.25, 0.3) is 0 Å². The van der Waals surface area contributed by atoms with Crippen LogP contribution in [0.1, 0.15) is 18.0 Å². The highest BCUT2D eigenvalue weighted by atomic mass is 79.9. The maximum Gasteiger partial charge on any atom is 0.411 e. The van der Waals surface area contributed by atoms with Crippen molar-refractivity contribution < 1.29 is 22.6 Å². The zero-order valence-corrected chi connectivity index (χ0v) is 11.9. The molecule has 0 radical (unpaired) electrons. The Morgan fingerprint density at radius 1 is 1.37 bits per heavy atom. The van der Waals surface area contributed by atoms with E-state index < -0.39 is 12.8 Å². The Morgan fingerprint density at radius 3 is 2.58 bits per heavy atom. The molecule has 1 atom stereocenters. The Labute approximate surface area is 118 Å². The van der Waals surface area contributed by atoms with Crippen molar-refractivity contribution in [2.75, 3.05) is 20.3 Å². The standard InChI is InChI=1S/C12H15BrF3NO2/c1-18-11-3-2-8(6-9(11)13)10(17)4-5-19-7-12(14,15)16/h2-3,6,10H,4-5,7,17H2,1H3. The van der Waals surface area contributed by atoms with Crippen LogP contribution in [0.2, 0.25) is 0 Å². The van der Waals surface area contributed by atoms with E-state index >= 15 is 0 Å². The van der Waals surface area contributed by atoms with E-state index in [1.54, 1.807) is 25.3 Å². The summed E-state index contributed by atoms with van der Waals surface area (Å²) in [5.74, 6) is 0.671. The molecule has 0 heterocycles. The van der Waals surface area contributed by atoms with Gasteiger partial charge >= 0.3 is 6.18 Å². The summed E-state index contributed by atoms with van der Waals surface area (Å²) in [5, 5.41) is 0. The first-order valence-electron chi connectivity index (χ1n) is 5.57. The highest BCUT2D eigenvalue weighted by molar-refractivity contribution is 9.10. The minimum absolute atomic E-state index is 0.0374. The quantitative estimate of drug-likeness (QED) is 0.806. The molecule has 0 aliphatic heterocycles. The predicted molar refractivity (Wildman–Crippen MR) is 69.1 cm³/mol. The summed E-state index contributed by atoms with van der Waals surface area (Å²) in [6.07, 6.45) is -3.98. The van der Waals surface area contributed by atoms with Crippen LogP contribution in [-0.4, -0.2) is 26.5 Å². The SMILES string of the molecule is COc1ccc(C(N)CCOCC(F)(F)F)cc1Br. The van der Waals surface area contributed by atoms with Gasteiger partial charge in [0.1, 0.15) is 12.4 Å². The fourth-order valence-electron chi connectivity index (χ4n) is 1.48. The number of halogens is 4. The zero-order valence-electron chi connectivity index (χ0n) is 10.3. The zero-order chi connectivity index (χ0) is 14.5. The van der Waals surface area contributed by atoms with Crippen LogP contribution < -0.4 is 10.5 Å². The van der Waals surface area contributed by atoms with Crippen LogP contribution in [-0.2, 0) is 4.74 Å². The maximum atomic E-state index is 11.9. The van der Waals surface area contributed by atoms with Gasteiger partial charge in [0.15, 0.2) is 0 Å². The number of benzene rings is 1. The first-order valence-corrected chi connectivity index (χ1v) is 6.36. The largest absolute Gasteiger partial charge is 0.496 e. The smallest absolute Gasteiger partial charge is 0.411 e. The van der Waals surface area contributed by atoms with Gasteiger partial charge in [0.25, 0.3) is 0 Å². The molecular formula is C12H15BrF3NO2. The summed E-state index contributed by atoms with van der Waals surface area (Å²) in [4.78, 5) is 0. The molecule has 0 saturated heterocycles. The number of rotatable bonds is 6. The molecule has 0 amide bonds. The summed E-state index contributed by atoms with van der Waals surface area (Å²) in [5.41, 5.74) is 6.69. The minimum Gasteiger partial charge on any atom is -0.496 e. The van der Waals surface area contributed by atoms with Crippen LogP contribution >= 0.6 is 15.9 Å². The molecule has 1 unspecified atom stereocenters. The second-order valence-corrected chi connectivity index (χ2v) is 4.81. The Morgan fingerprint density at radius 2 is 2.05 bits per heavy atom. The summed E-state index contributed by atoms with van der Waals surface area (Å²) in [6, 6.07) is 4.93. The van der Waals surface area contributed by atoms with Crippen molar-refractivity contribution in [2.24, 2.45) is 5.73 Å². The summed E-state index contributed by atoms with van der Waals surface area (Å²) in [6.45, 7) is -1.28. The van der Waals surface area contributed by atoms with Crippen LogP contribution in [0.5, 0.6) is 5.75 Å². The minimum atomic E-state index is -4.30. The number of ether oxygens (including phenoxy) is 2. The molecule has 0 aliphatic carbocycles. The molecule has 0 fully saturated rings. The van der Waals surface area contributed by atoms with E-state index in [0.717, 1.165) is 10.0 Å². The van der Waals surface area contributed by atoms with E-state index in [1.807, 2.05) is 0 Å². The van der Waals surface area contributed by atoms with E-state index in [4.69, 9.17) is 10.5 Å². The molecule has 0 aliphatic rings. The van der Waals surface area contributed by atoms with Gasteiger partial charge < -0.3 is 15.2 Å². The summed E-state index contributed by atoms with van der Waals surface area (Å²) >= 11 is 3.32. The van der Waals surface area contributed by atoms with Crippen molar-refractivity contribution in [1.29, 1.82) is 0 Å². The molecule has 7 heteroatoms. The molecule has 0 saturated carbocycles. The molecule has 0 spiro atoms. The van der Waals surface area contributed by atoms with E-state index in [9.17, 15) is 13.2 Å². The van der Waals surface area contributed by atoms with Gasteiger partial charge in [-0.2, -0.15) is 13.2 Å². The van der Waals surface area contributed by atoms with Gasteiger partial charge in [-0.05, 0) is 40.0 Å². The molecule has 19 heavy (non-hydrogen) atoms. The van der Waals surface area contributed by atoms with Gasteiger partial charge in [-0.3, -0.25) is 0 Å². The summed E-state index contributed by atoms with van der Waals surface area (Å²) in [7, 11) is 1.55.